The van der Waals surface area contributed by atoms with Crippen LogP contribution in [0.25, 0.3) is 0 Å². The van der Waals surface area contributed by atoms with E-state index in [9.17, 15) is 26.4 Å². The molecule has 1 aliphatic heterocycles. The van der Waals surface area contributed by atoms with Crippen molar-refractivity contribution >= 4 is 39.0 Å². The maximum absolute atomic E-state index is 14.4. The minimum atomic E-state index is -4.90. The number of halogens is 4. The van der Waals surface area contributed by atoms with Crippen LogP contribution in [0.2, 0.25) is 5.02 Å². The summed E-state index contributed by atoms with van der Waals surface area (Å²) in [7, 11) is -1.10. The Hall–Kier alpha value is -3.84. The number of nitrogens with one attached hydrogen (secondary N) is 1. The quantitative estimate of drug-likeness (QED) is 0.296. The molecule has 1 saturated carbocycles. The van der Waals surface area contributed by atoms with Gasteiger partial charge in [-0.05, 0) is 36.6 Å². The molecule has 0 radical (unpaired) electrons. The molecule has 3 aromatic carbocycles. The van der Waals surface area contributed by atoms with Gasteiger partial charge in [-0.15, -0.1) is 13.2 Å². The van der Waals surface area contributed by atoms with Crippen LogP contribution >= 0.6 is 11.6 Å². The number of methoxy groups -OCH3 is 2. The van der Waals surface area contributed by atoms with E-state index < -0.39 is 34.2 Å². The molecule has 3 aromatic rings. The third-order valence-corrected chi connectivity index (χ3v) is 7.80. The number of alkyl halides is 3. The van der Waals surface area contributed by atoms with Gasteiger partial charge in [-0.25, -0.2) is 0 Å². The zero-order chi connectivity index (χ0) is 30.4. The van der Waals surface area contributed by atoms with Gasteiger partial charge in [0.25, 0.3) is 5.91 Å². The van der Waals surface area contributed by atoms with E-state index in [0.717, 1.165) is 24.7 Å². The number of carbonyl (C=O) groups excluding carboxylic acids is 1. The number of rotatable bonds is 9. The molecule has 0 bridgehead atoms. The summed E-state index contributed by atoms with van der Waals surface area (Å²) < 4.78 is 82.7. The standard InChI is InChI=1S/C28H26ClF3N2O7S/c1-38-19-11-17(12-20(13-19)41-42(3,36)37)33-25(21-6-4-16(29)10-24(21)39-2)26(35)34-15-27(8-9-27)22-7-5-18(14-23(22)34)40-28(30,31)32/h4-7,10-14,25,33H,8-9,15H2,1-3H3. The van der Waals surface area contributed by atoms with Crippen LogP contribution in [0.5, 0.6) is 23.0 Å². The van der Waals surface area contributed by atoms with Gasteiger partial charge >= 0.3 is 16.5 Å². The summed E-state index contributed by atoms with van der Waals surface area (Å²) in [6.07, 6.45) is -2.47. The van der Waals surface area contributed by atoms with Crippen molar-refractivity contribution in [2.24, 2.45) is 0 Å². The zero-order valence-corrected chi connectivity index (χ0v) is 24.2. The van der Waals surface area contributed by atoms with Crippen molar-refractivity contribution in [2.75, 3.05) is 37.2 Å². The van der Waals surface area contributed by atoms with Crippen LogP contribution in [0, 0.1) is 0 Å². The number of nitrogens with zero attached hydrogens (tertiary/aromatic N) is 1. The Morgan fingerprint density at radius 3 is 2.33 bits per heavy atom. The van der Waals surface area contributed by atoms with Crippen molar-refractivity contribution in [2.45, 2.75) is 30.7 Å². The molecule has 1 unspecified atom stereocenters. The number of hydrogen-bond donors (Lipinski definition) is 1. The number of ether oxygens (including phenoxy) is 3. The Labute approximate surface area is 245 Å². The van der Waals surface area contributed by atoms with Gasteiger partial charge in [-0.2, -0.15) is 8.42 Å². The fourth-order valence-electron chi connectivity index (χ4n) is 5.14. The smallest absolute Gasteiger partial charge is 0.497 e. The molecule has 0 saturated heterocycles. The highest BCUT2D eigenvalue weighted by Gasteiger charge is 2.54. The zero-order valence-electron chi connectivity index (χ0n) is 22.6. The van der Waals surface area contributed by atoms with Gasteiger partial charge in [-0.3, -0.25) is 4.79 Å². The predicted molar refractivity (Wildman–Crippen MR) is 149 cm³/mol. The first-order valence-corrected chi connectivity index (χ1v) is 14.8. The number of fused-ring (bicyclic) bond motifs is 2. The molecule has 5 rings (SSSR count). The number of amides is 1. The summed E-state index contributed by atoms with van der Waals surface area (Å²) in [6, 6.07) is 11.8. The first-order chi connectivity index (χ1) is 19.7. The van der Waals surface area contributed by atoms with E-state index in [2.05, 4.69) is 10.1 Å². The first kappa shape index (κ1) is 29.6. The lowest BCUT2D eigenvalue weighted by Crippen LogP contribution is -2.38. The van der Waals surface area contributed by atoms with Gasteiger partial charge in [0, 0.05) is 52.5 Å². The molecule has 1 N–H and O–H groups in total. The number of benzene rings is 3. The molecule has 14 heteroatoms. The number of hydrogen-bond acceptors (Lipinski definition) is 8. The Morgan fingerprint density at radius 2 is 1.71 bits per heavy atom. The number of carbonyl (C=O) groups is 1. The maximum atomic E-state index is 14.4. The maximum Gasteiger partial charge on any atom is 0.573 e. The third kappa shape index (κ3) is 6.31. The highest BCUT2D eigenvalue weighted by Crippen LogP contribution is 2.57. The molecule has 1 aliphatic carbocycles. The average Bonchev–Trinajstić information content (AvgIpc) is 3.61. The second-order valence-corrected chi connectivity index (χ2v) is 12.1. The largest absolute Gasteiger partial charge is 0.573 e. The highest BCUT2D eigenvalue weighted by molar-refractivity contribution is 7.86. The van der Waals surface area contributed by atoms with Crippen molar-refractivity contribution in [3.8, 4) is 23.0 Å². The summed E-state index contributed by atoms with van der Waals surface area (Å²) in [5.41, 5.74) is 1.35. The predicted octanol–water partition coefficient (Wildman–Crippen LogP) is 5.83. The summed E-state index contributed by atoms with van der Waals surface area (Å²) in [4.78, 5) is 15.8. The lowest BCUT2D eigenvalue weighted by Gasteiger charge is -2.28. The van der Waals surface area contributed by atoms with Crippen molar-refractivity contribution < 1.29 is 44.8 Å². The van der Waals surface area contributed by atoms with Gasteiger partial charge in [0.05, 0.1) is 26.2 Å². The summed E-state index contributed by atoms with van der Waals surface area (Å²) in [6.45, 7) is 0.255. The first-order valence-electron chi connectivity index (χ1n) is 12.6. The molecule has 9 nitrogen and oxygen atoms in total. The van der Waals surface area contributed by atoms with Gasteiger partial charge in [0.1, 0.15) is 29.0 Å². The molecule has 224 valence electrons. The lowest BCUT2D eigenvalue weighted by atomic mass is 9.99. The monoisotopic (exact) mass is 626 g/mol. The lowest BCUT2D eigenvalue weighted by molar-refractivity contribution is -0.274. The number of anilines is 2. The van der Waals surface area contributed by atoms with Crippen LogP contribution < -0.4 is 28.6 Å². The second kappa shape index (κ2) is 10.8. The molecule has 42 heavy (non-hydrogen) atoms. The normalized spacial score (nSPS) is 16.0. The topological polar surface area (TPSA) is 103 Å². The van der Waals surface area contributed by atoms with E-state index in [1.54, 1.807) is 18.2 Å². The van der Waals surface area contributed by atoms with Crippen LogP contribution in [-0.2, 0) is 20.3 Å². The average molecular weight is 627 g/mol. The van der Waals surface area contributed by atoms with Crippen LogP contribution in [-0.4, -0.2) is 47.7 Å². The van der Waals surface area contributed by atoms with Crippen LogP contribution in [0.15, 0.2) is 54.6 Å². The third-order valence-electron chi connectivity index (χ3n) is 7.07. The SMILES string of the molecule is COc1cc(NC(C(=O)N2CC3(CC3)c3ccc(OC(F)(F)F)cc32)c2ccc(Cl)cc2OC)cc(OS(C)(=O)=O)c1. The van der Waals surface area contributed by atoms with E-state index >= 15 is 0 Å². The molecule has 1 spiro atoms. The molecular formula is C28H26ClF3N2O7S. The van der Waals surface area contributed by atoms with E-state index in [-0.39, 0.29) is 34.9 Å². The van der Waals surface area contributed by atoms with Crippen molar-refractivity contribution in [1.82, 2.24) is 0 Å². The Morgan fingerprint density at radius 1 is 1.00 bits per heavy atom. The second-order valence-electron chi connectivity index (χ2n) is 10.1. The summed E-state index contributed by atoms with van der Waals surface area (Å²) in [5, 5.41) is 3.47. The fraction of sp³-hybridized carbons (Fsp3) is 0.321. The minimum absolute atomic E-state index is 0.0639. The molecule has 1 fully saturated rings. The Bertz CT molecular complexity index is 1640. The van der Waals surface area contributed by atoms with Crippen LogP contribution in [0.4, 0.5) is 24.5 Å². The van der Waals surface area contributed by atoms with Crippen molar-refractivity contribution in [3.05, 3.63) is 70.7 Å². The van der Waals surface area contributed by atoms with E-state index in [4.69, 9.17) is 25.3 Å². The van der Waals surface area contributed by atoms with Gasteiger partial charge < -0.3 is 28.6 Å². The molecule has 1 heterocycles. The highest BCUT2D eigenvalue weighted by atomic mass is 35.5. The Kier molecular flexibility index (Phi) is 7.60. The minimum Gasteiger partial charge on any atom is -0.497 e. The van der Waals surface area contributed by atoms with Crippen LogP contribution in [0.3, 0.4) is 0 Å². The van der Waals surface area contributed by atoms with Crippen molar-refractivity contribution in [1.29, 1.82) is 0 Å². The van der Waals surface area contributed by atoms with Gasteiger partial charge in [0.2, 0.25) is 0 Å². The summed E-state index contributed by atoms with van der Waals surface area (Å²) in [5.74, 6) is -0.492. The van der Waals surface area contributed by atoms with E-state index in [0.29, 0.717) is 16.3 Å². The Balaban J connectivity index is 1.59. The molecule has 1 atom stereocenters. The van der Waals surface area contributed by atoms with Crippen LogP contribution in [0.1, 0.15) is 30.0 Å². The molecule has 1 amide bonds. The molecule has 0 aromatic heterocycles. The van der Waals surface area contributed by atoms with E-state index in [1.165, 1.54) is 55.5 Å². The van der Waals surface area contributed by atoms with Gasteiger partial charge in [0.15, 0.2) is 0 Å². The molecule has 2 aliphatic rings. The fourth-order valence-corrected chi connectivity index (χ4v) is 5.75. The van der Waals surface area contributed by atoms with Gasteiger partial charge in [-0.1, -0.05) is 23.7 Å². The molecular weight excluding hydrogens is 601 g/mol. The van der Waals surface area contributed by atoms with Crippen molar-refractivity contribution in [3.63, 3.8) is 0 Å². The van der Waals surface area contributed by atoms with E-state index in [1.807, 2.05) is 0 Å². The summed E-state index contributed by atoms with van der Waals surface area (Å²) >= 11 is 6.18.